The van der Waals surface area contributed by atoms with Crippen molar-refractivity contribution in [3.63, 3.8) is 0 Å². The van der Waals surface area contributed by atoms with Gasteiger partial charge < -0.3 is 31.3 Å². The number of benzene rings is 1. The number of nitrogens with two attached hydrogens (primary N) is 1. The molecule has 2 amide bonds. The number of nitrogens with one attached hydrogen (secondary N) is 3. The van der Waals surface area contributed by atoms with Gasteiger partial charge in [-0.2, -0.15) is 0 Å². The Morgan fingerprint density at radius 2 is 1.86 bits per heavy atom. The fourth-order valence-electron chi connectivity index (χ4n) is 2.41. The summed E-state index contributed by atoms with van der Waals surface area (Å²) >= 11 is 0. The summed E-state index contributed by atoms with van der Waals surface area (Å²) < 4.78 is 5.06. The van der Waals surface area contributed by atoms with E-state index in [9.17, 15) is 9.59 Å². The Labute approximate surface area is 166 Å². The molecule has 0 saturated heterocycles. The van der Waals surface area contributed by atoms with Crippen LogP contribution >= 0.6 is 0 Å². The summed E-state index contributed by atoms with van der Waals surface area (Å²) in [5.74, 6) is -0.187. The van der Waals surface area contributed by atoms with E-state index in [1.807, 2.05) is 12.1 Å². The van der Waals surface area contributed by atoms with Crippen LogP contribution in [0.15, 0.2) is 29.3 Å². The minimum absolute atomic E-state index is 0.175. The second-order valence-electron chi connectivity index (χ2n) is 6.35. The molecule has 1 rings (SSSR count). The van der Waals surface area contributed by atoms with Crippen LogP contribution < -0.4 is 21.7 Å². The molecule has 0 bridgehead atoms. The van der Waals surface area contributed by atoms with Crippen molar-refractivity contribution in [2.45, 2.75) is 13.0 Å². The molecule has 0 unspecified atom stereocenters. The van der Waals surface area contributed by atoms with Crippen LogP contribution in [-0.2, 0) is 16.1 Å². The molecule has 0 aliphatic rings. The van der Waals surface area contributed by atoms with Gasteiger partial charge in [0.15, 0.2) is 5.96 Å². The first-order valence-electron chi connectivity index (χ1n) is 9.23. The number of likely N-dealkylation sites (N-methyl/N-ethyl adjacent to an activating group) is 1. The third-order valence-electron chi connectivity index (χ3n) is 4.00. The quantitative estimate of drug-likeness (QED) is 0.217. The highest BCUT2D eigenvalue weighted by Crippen LogP contribution is 2.04. The van der Waals surface area contributed by atoms with Crippen LogP contribution in [-0.4, -0.2) is 76.7 Å². The smallest absolute Gasteiger partial charge is 0.251 e. The standard InChI is InChI=1S/C19H32N6O3/c1-21-19(22-9-11-25(2)10-4-12-28-3)24-13-15-5-7-16(8-6-15)18(27)23-14-17(20)26/h5-8H,4,9-14H2,1-3H3,(H2,20,26)(H,23,27)(H2,21,22,24). The number of ether oxygens (including phenoxy) is 1. The molecule has 9 heteroatoms. The van der Waals surface area contributed by atoms with E-state index in [4.69, 9.17) is 10.5 Å². The highest BCUT2D eigenvalue weighted by atomic mass is 16.5. The van der Waals surface area contributed by atoms with E-state index in [0.717, 1.165) is 38.2 Å². The molecule has 0 radical (unpaired) electrons. The maximum atomic E-state index is 11.9. The van der Waals surface area contributed by atoms with Gasteiger partial charge in [0.25, 0.3) is 5.91 Å². The van der Waals surface area contributed by atoms with Gasteiger partial charge in [0.05, 0.1) is 6.54 Å². The molecule has 0 heterocycles. The van der Waals surface area contributed by atoms with Crippen LogP contribution in [0.4, 0.5) is 0 Å². The monoisotopic (exact) mass is 392 g/mol. The number of carbonyl (C=O) groups is 2. The molecule has 1 aromatic carbocycles. The Hall–Kier alpha value is -2.65. The molecule has 0 aliphatic heterocycles. The van der Waals surface area contributed by atoms with Gasteiger partial charge in [-0.05, 0) is 31.2 Å². The number of carbonyl (C=O) groups excluding carboxylic acids is 2. The largest absolute Gasteiger partial charge is 0.385 e. The van der Waals surface area contributed by atoms with Crippen molar-refractivity contribution in [2.75, 3.05) is 54.0 Å². The van der Waals surface area contributed by atoms with Crippen LogP contribution in [0, 0.1) is 0 Å². The molecule has 0 aliphatic carbocycles. The average Bonchev–Trinajstić information content (AvgIpc) is 2.69. The number of nitrogens with zero attached hydrogens (tertiary/aromatic N) is 2. The van der Waals surface area contributed by atoms with E-state index in [-0.39, 0.29) is 12.5 Å². The lowest BCUT2D eigenvalue weighted by atomic mass is 10.1. The molecule has 0 saturated carbocycles. The van der Waals surface area contributed by atoms with E-state index in [1.165, 1.54) is 0 Å². The zero-order valence-electron chi connectivity index (χ0n) is 17.0. The summed E-state index contributed by atoms with van der Waals surface area (Å²) in [4.78, 5) is 29.0. The van der Waals surface area contributed by atoms with E-state index in [2.05, 4.69) is 32.9 Å². The van der Waals surface area contributed by atoms with Gasteiger partial charge in [0.2, 0.25) is 5.91 Å². The topological polar surface area (TPSA) is 121 Å². The zero-order chi connectivity index (χ0) is 20.8. The maximum absolute atomic E-state index is 11.9. The molecule has 5 N–H and O–H groups in total. The summed E-state index contributed by atoms with van der Waals surface area (Å²) in [6.07, 6.45) is 1.01. The van der Waals surface area contributed by atoms with Crippen LogP contribution in [0.2, 0.25) is 0 Å². The van der Waals surface area contributed by atoms with E-state index >= 15 is 0 Å². The molecule has 1 aromatic rings. The first kappa shape index (κ1) is 23.4. The fourth-order valence-corrected chi connectivity index (χ4v) is 2.41. The molecule has 0 atom stereocenters. The third kappa shape index (κ3) is 9.89. The molecule has 9 nitrogen and oxygen atoms in total. The molecule has 28 heavy (non-hydrogen) atoms. The zero-order valence-corrected chi connectivity index (χ0v) is 17.0. The molecule has 0 aromatic heterocycles. The summed E-state index contributed by atoms with van der Waals surface area (Å²) in [5.41, 5.74) is 6.50. The number of rotatable bonds is 12. The predicted molar refractivity (Wildman–Crippen MR) is 110 cm³/mol. The van der Waals surface area contributed by atoms with Crippen molar-refractivity contribution in [3.05, 3.63) is 35.4 Å². The Balaban J connectivity index is 2.35. The molecular weight excluding hydrogens is 360 g/mol. The summed E-state index contributed by atoms with van der Waals surface area (Å²) in [7, 11) is 5.52. The third-order valence-corrected chi connectivity index (χ3v) is 4.00. The van der Waals surface area contributed by atoms with Crippen molar-refractivity contribution >= 4 is 17.8 Å². The van der Waals surface area contributed by atoms with Crippen molar-refractivity contribution in [2.24, 2.45) is 10.7 Å². The van der Waals surface area contributed by atoms with Crippen LogP contribution in [0.5, 0.6) is 0 Å². The second kappa shape index (κ2) is 13.5. The lowest BCUT2D eigenvalue weighted by molar-refractivity contribution is -0.117. The molecular formula is C19H32N6O3. The molecule has 0 fully saturated rings. The highest BCUT2D eigenvalue weighted by molar-refractivity contribution is 5.96. The first-order chi connectivity index (χ1) is 13.5. The van der Waals surface area contributed by atoms with Crippen molar-refractivity contribution in [1.82, 2.24) is 20.9 Å². The lowest BCUT2D eigenvalue weighted by Gasteiger charge is -2.18. The van der Waals surface area contributed by atoms with Gasteiger partial charge in [-0.1, -0.05) is 12.1 Å². The first-order valence-corrected chi connectivity index (χ1v) is 9.23. The average molecular weight is 393 g/mol. The predicted octanol–water partition coefficient (Wildman–Crippen LogP) is -0.465. The van der Waals surface area contributed by atoms with Gasteiger partial charge in [-0.15, -0.1) is 0 Å². The van der Waals surface area contributed by atoms with Gasteiger partial charge >= 0.3 is 0 Å². The minimum Gasteiger partial charge on any atom is -0.385 e. The Morgan fingerprint density at radius 1 is 1.14 bits per heavy atom. The van der Waals surface area contributed by atoms with Crippen molar-refractivity contribution in [3.8, 4) is 0 Å². The summed E-state index contributed by atoms with van der Waals surface area (Å²) in [6, 6.07) is 7.11. The molecule has 156 valence electrons. The van der Waals surface area contributed by atoms with Gasteiger partial charge in [0, 0.05) is 52.5 Å². The van der Waals surface area contributed by atoms with Gasteiger partial charge in [-0.25, -0.2) is 0 Å². The number of guanidine groups is 1. The number of amides is 2. The number of primary amides is 1. The lowest BCUT2D eigenvalue weighted by Crippen LogP contribution is -2.40. The Bertz CT molecular complexity index is 633. The maximum Gasteiger partial charge on any atom is 0.251 e. The van der Waals surface area contributed by atoms with Crippen molar-refractivity contribution < 1.29 is 14.3 Å². The Kier molecular flexibility index (Phi) is 11.3. The second-order valence-corrected chi connectivity index (χ2v) is 6.35. The van der Waals surface area contributed by atoms with E-state index in [1.54, 1.807) is 26.3 Å². The van der Waals surface area contributed by atoms with Gasteiger partial charge in [-0.3, -0.25) is 14.6 Å². The highest BCUT2D eigenvalue weighted by Gasteiger charge is 2.06. The fraction of sp³-hybridized carbons (Fsp3) is 0.526. The number of methoxy groups -OCH3 is 1. The summed E-state index contributed by atoms with van der Waals surface area (Å²) in [5, 5.41) is 8.97. The normalized spacial score (nSPS) is 11.4. The summed E-state index contributed by atoms with van der Waals surface area (Å²) in [6.45, 7) is 3.84. The van der Waals surface area contributed by atoms with Crippen LogP contribution in [0.3, 0.4) is 0 Å². The van der Waals surface area contributed by atoms with E-state index in [0.29, 0.717) is 18.1 Å². The number of hydrogen-bond acceptors (Lipinski definition) is 5. The molecule has 0 spiro atoms. The Morgan fingerprint density at radius 3 is 2.46 bits per heavy atom. The SMILES string of the molecule is CN=C(NCCN(C)CCCOC)NCc1ccc(C(=O)NCC(N)=O)cc1. The van der Waals surface area contributed by atoms with E-state index < -0.39 is 5.91 Å². The van der Waals surface area contributed by atoms with Crippen LogP contribution in [0.1, 0.15) is 22.3 Å². The number of aliphatic imine (C=N–C) groups is 1. The van der Waals surface area contributed by atoms with Crippen molar-refractivity contribution in [1.29, 1.82) is 0 Å². The van der Waals surface area contributed by atoms with Gasteiger partial charge in [0.1, 0.15) is 0 Å². The number of hydrogen-bond donors (Lipinski definition) is 4. The van der Waals surface area contributed by atoms with Crippen LogP contribution in [0.25, 0.3) is 0 Å². The minimum atomic E-state index is -0.575.